The van der Waals surface area contributed by atoms with Crippen LogP contribution in [0.3, 0.4) is 0 Å². The smallest absolute Gasteiger partial charge is 0.317 e. The molecule has 1 N–H and O–H groups in total. The van der Waals surface area contributed by atoms with Gasteiger partial charge in [-0.3, -0.25) is 0 Å². The summed E-state index contributed by atoms with van der Waals surface area (Å²) in [5, 5.41) is 5.90. The first-order chi connectivity index (χ1) is 8.69. The summed E-state index contributed by atoms with van der Waals surface area (Å²) in [6, 6.07) is -0.0256. The zero-order valence-electron chi connectivity index (χ0n) is 10.8. The summed E-state index contributed by atoms with van der Waals surface area (Å²) in [7, 11) is 0. The van der Waals surface area contributed by atoms with Crippen molar-refractivity contribution in [3.05, 3.63) is 16.1 Å². The Morgan fingerprint density at radius 3 is 3.22 bits per heavy atom. The molecule has 100 valence electrons. The van der Waals surface area contributed by atoms with E-state index in [1.807, 2.05) is 17.2 Å². The number of hydrogen-bond donors (Lipinski definition) is 1. The summed E-state index contributed by atoms with van der Waals surface area (Å²) in [6.07, 6.45) is 1.11. The first-order valence-corrected chi connectivity index (χ1v) is 7.12. The molecule has 18 heavy (non-hydrogen) atoms. The molecule has 0 aromatic carbocycles. The zero-order chi connectivity index (χ0) is 13.0. The fraction of sp³-hybridized carbons (Fsp3) is 0.667. The molecule has 5 nitrogen and oxygen atoms in total. The third kappa shape index (κ3) is 3.43. The maximum atomic E-state index is 12.0. The van der Waals surface area contributed by atoms with Crippen molar-refractivity contribution in [3.8, 4) is 0 Å². The van der Waals surface area contributed by atoms with Gasteiger partial charge in [0.05, 0.1) is 30.0 Å². The van der Waals surface area contributed by atoms with Crippen molar-refractivity contribution in [1.82, 2.24) is 15.2 Å². The second-order valence-electron chi connectivity index (χ2n) is 4.36. The van der Waals surface area contributed by atoms with Gasteiger partial charge < -0.3 is 15.0 Å². The number of carbonyl (C=O) groups excluding carboxylic acids is 1. The standard InChI is InChI=1S/C12H19N3O2S/c1-3-11-7-15(4-5-17-11)12(16)13-6-10-8-18-9(2)14-10/h8,11H,3-7H2,1-2H3,(H,13,16)/t11-/m0/s1. The third-order valence-electron chi connectivity index (χ3n) is 2.97. The number of aryl methyl sites for hydroxylation is 1. The number of nitrogens with zero attached hydrogens (tertiary/aromatic N) is 2. The van der Waals surface area contributed by atoms with E-state index in [1.165, 1.54) is 0 Å². The third-order valence-corrected chi connectivity index (χ3v) is 3.79. The fourth-order valence-corrected chi connectivity index (χ4v) is 2.53. The second-order valence-corrected chi connectivity index (χ2v) is 5.43. The van der Waals surface area contributed by atoms with Crippen molar-refractivity contribution in [1.29, 1.82) is 0 Å². The number of ether oxygens (including phenoxy) is 1. The number of urea groups is 1. The van der Waals surface area contributed by atoms with Crippen LogP contribution in [0.5, 0.6) is 0 Å². The average Bonchev–Trinajstić information content (AvgIpc) is 2.82. The summed E-state index contributed by atoms with van der Waals surface area (Å²) in [5.41, 5.74) is 0.922. The molecule has 0 saturated carbocycles. The molecule has 1 aromatic heterocycles. The van der Waals surface area contributed by atoms with Crippen LogP contribution in [0.25, 0.3) is 0 Å². The first kappa shape index (κ1) is 13.3. The number of aromatic nitrogens is 1. The lowest BCUT2D eigenvalue weighted by molar-refractivity contribution is -0.0154. The van der Waals surface area contributed by atoms with Crippen LogP contribution in [0, 0.1) is 6.92 Å². The summed E-state index contributed by atoms with van der Waals surface area (Å²) < 4.78 is 5.54. The lowest BCUT2D eigenvalue weighted by atomic mass is 10.2. The highest BCUT2D eigenvalue weighted by Gasteiger charge is 2.22. The number of carbonyl (C=O) groups is 1. The molecular weight excluding hydrogens is 250 g/mol. The molecule has 2 heterocycles. The van der Waals surface area contributed by atoms with Crippen molar-refractivity contribution >= 4 is 17.4 Å². The minimum absolute atomic E-state index is 0.0256. The summed E-state index contributed by atoms with van der Waals surface area (Å²) in [5.74, 6) is 0. The van der Waals surface area contributed by atoms with Crippen LogP contribution in [0.4, 0.5) is 4.79 Å². The highest BCUT2D eigenvalue weighted by Crippen LogP contribution is 2.10. The molecule has 2 rings (SSSR count). The van der Waals surface area contributed by atoms with Gasteiger partial charge in [-0.25, -0.2) is 9.78 Å². The summed E-state index contributed by atoms with van der Waals surface area (Å²) >= 11 is 1.60. The summed E-state index contributed by atoms with van der Waals surface area (Å²) in [4.78, 5) is 18.1. The van der Waals surface area contributed by atoms with Crippen molar-refractivity contribution in [3.63, 3.8) is 0 Å². The Balaban J connectivity index is 1.80. The first-order valence-electron chi connectivity index (χ1n) is 6.24. The van der Waals surface area contributed by atoms with Gasteiger partial charge in [0.1, 0.15) is 0 Å². The molecule has 0 spiro atoms. The van der Waals surface area contributed by atoms with Gasteiger partial charge in [0.25, 0.3) is 0 Å². The van der Waals surface area contributed by atoms with E-state index >= 15 is 0 Å². The van der Waals surface area contributed by atoms with Gasteiger partial charge >= 0.3 is 6.03 Å². The van der Waals surface area contributed by atoms with E-state index in [0.717, 1.165) is 17.1 Å². The maximum Gasteiger partial charge on any atom is 0.317 e. The normalized spacial score (nSPS) is 19.9. The van der Waals surface area contributed by atoms with Gasteiger partial charge in [-0.2, -0.15) is 0 Å². The van der Waals surface area contributed by atoms with Crippen LogP contribution in [0.2, 0.25) is 0 Å². The molecule has 0 radical (unpaired) electrons. The van der Waals surface area contributed by atoms with Crippen molar-refractivity contribution < 1.29 is 9.53 Å². The van der Waals surface area contributed by atoms with Gasteiger partial charge in [-0.05, 0) is 13.3 Å². The molecular formula is C12H19N3O2S. The van der Waals surface area contributed by atoms with E-state index in [2.05, 4.69) is 17.2 Å². The van der Waals surface area contributed by atoms with Crippen molar-refractivity contribution in [2.75, 3.05) is 19.7 Å². The Labute approximate surface area is 111 Å². The molecule has 1 aromatic rings. The lowest BCUT2D eigenvalue weighted by Crippen LogP contribution is -2.49. The Bertz CT molecular complexity index is 408. The fourth-order valence-electron chi connectivity index (χ4n) is 1.92. The number of rotatable bonds is 3. The SMILES string of the molecule is CC[C@H]1CN(C(=O)NCc2csc(C)n2)CCO1. The molecule has 0 unspecified atom stereocenters. The summed E-state index contributed by atoms with van der Waals surface area (Å²) in [6.45, 7) is 6.50. The minimum atomic E-state index is -0.0256. The maximum absolute atomic E-state index is 12.0. The van der Waals surface area contributed by atoms with Crippen LogP contribution >= 0.6 is 11.3 Å². The number of thiazole rings is 1. The van der Waals surface area contributed by atoms with Gasteiger partial charge in [0, 0.05) is 18.5 Å². The van der Waals surface area contributed by atoms with E-state index < -0.39 is 0 Å². The number of nitrogens with one attached hydrogen (secondary N) is 1. The Kier molecular flexibility index (Phi) is 4.54. The van der Waals surface area contributed by atoms with Crippen LogP contribution < -0.4 is 5.32 Å². The largest absolute Gasteiger partial charge is 0.375 e. The van der Waals surface area contributed by atoms with Gasteiger partial charge in [-0.15, -0.1) is 11.3 Å². The van der Waals surface area contributed by atoms with Gasteiger partial charge in [-0.1, -0.05) is 6.92 Å². The minimum Gasteiger partial charge on any atom is -0.375 e. The molecule has 1 saturated heterocycles. The molecule has 1 fully saturated rings. The Morgan fingerprint density at radius 2 is 2.56 bits per heavy atom. The van der Waals surface area contributed by atoms with Crippen LogP contribution in [0.1, 0.15) is 24.0 Å². The van der Waals surface area contributed by atoms with Crippen molar-refractivity contribution in [2.45, 2.75) is 32.9 Å². The van der Waals surface area contributed by atoms with Gasteiger partial charge in [0.15, 0.2) is 0 Å². The van der Waals surface area contributed by atoms with E-state index in [1.54, 1.807) is 11.3 Å². The molecule has 2 amide bonds. The van der Waals surface area contributed by atoms with Crippen LogP contribution in [0.15, 0.2) is 5.38 Å². The van der Waals surface area contributed by atoms with Crippen molar-refractivity contribution in [2.24, 2.45) is 0 Å². The number of morpholine rings is 1. The topological polar surface area (TPSA) is 54.5 Å². The molecule has 1 aliphatic rings. The average molecular weight is 269 g/mol. The second kappa shape index (κ2) is 6.15. The predicted molar refractivity (Wildman–Crippen MR) is 70.7 cm³/mol. The van der Waals surface area contributed by atoms with E-state index in [0.29, 0.717) is 26.2 Å². The monoisotopic (exact) mass is 269 g/mol. The Hall–Kier alpha value is -1.14. The predicted octanol–water partition coefficient (Wildman–Crippen LogP) is 1.77. The molecule has 0 bridgehead atoms. The molecule has 1 atom stereocenters. The van der Waals surface area contributed by atoms with E-state index in [9.17, 15) is 4.79 Å². The zero-order valence-corrected chi connectivity index (χ0v) is 11.6. The highest BCUT2D eigenvalue weighted by atomic mass is 32.1. The molecule has 1 aliphatic heterocycles. The number of hydrogen-bond acceptors (Lipinski definition) is 4. The number of amides is 2. The van der Waals surface area contributed by atoms with Gasteiger partial charge in [0.2, 0.25) is 0 Å². The van der Waals surface area contributed by atoms with E-state index in [4.69, 9.17) is 4.74 Å². The lowest BCUT2D eigenvalue weighted by Gasteiger charge is -2.32. The van der Waals surface area contributed by atoms with E-state index in [-0.39, 0.29) is 12.1 Å². The van der Waals surface area contributed by atoms with Crippen LogP contribution in [-0.4, -0.2) is 41.7 Å². The Morgan fingerprint density at radius 1 is 1.72 bits per heavy atom. The molecule has 0 aliphatic carbocycles. The highest BCUT2D eigenvalue weighted by molar-refractivity contribution is 7.09. The van der Waals surface area contributed by atoms with Crippen LogP contribution in [-0.2, 0) is 11.3 Å². The molecule has 6 heteroatoms. The quantitative estimate of drug-likeness (QED) is 0.910.